The van der Waals surface area contributed by atoms with Crippen molar-refractivity contribution in [2.45, 2.75) is 39.2 Å². The first kappa shape index (κ1) is 13.7. The Morgan fingerprint density at radius 2 is 2.12 bits per heavy atom. The molecule has 17 heavy (non-hydrogen) atoms. The number of hydrogen-bond acceptors (Lipinski definition) is 2. The zero-order valence-corrected chi connectivity index (χ0v) is 10.9. The first-order valence-corrected chi connectivity index (χ1v) is 6.10. The lowest BCUT2D eigenvalue weighted by Crippen LogP contribution is -2.42. The Morgan fingerprint density at radius 3 is 2.71 bits per heavy atom. The van der Waals surface area contributed by atoms with Crippen LogP contribution in [0.3, 0.4) is 0 Å². The Morgan fingerprint density at radius 1 is 1.41 bits per heavy atom. The molecule has 3 nitrogen and oxygen atoms in total. The van der Waals surface area contributed by atoms with E-state index in [2.05, 4.69) is 12.2 Å². The number of rotatable bonds is 5. The smallest absolute Gasteiger partial charge is 0.251 e. The zero-order chi connectivity index (χ0) is 12.9. The van der Waals surface area contributed by atoms with Crippen LogP contribution in [-0.2, 0) is 6.42 Å². The lowest BCUT2D eigenvalue weighted by molar-refractivity contribution is 0.0911. The Balaban J connectivity index is 2.78. The fourth-order valence-electron chi connectivity index (χ4n) is 1.50. The molecule has 0 aliphatic heterocycles. The molecule has 0 heterocycles. The highest BCUT2D eigenvalue weighted by atomic mass is 16.1. The summed E-state index contributed by atoms with van der Waals surface area (Å²) in [6, 6.07) is 7.64. The number of nitrogens with one attached hydrogen (secondary N) is 1. The summed E-state index contributed by atoms with van der Waals surface area (Å²) in [7, 11) is 0. The van der Waals surface area contributed by atoms with Gasteiger partial charge in [0.2, 0.25) is 0 Å². The maximum absolute atomic E-state index is 12.0. The maximum Gasteiger partial charge on any atom is 0.251 e. The molecule has 3 N–H and O–H groups in total. The Kier molecular flexibility index (Phi) is 4.70. The molecule has 1 aromatic rings. The fraction of sp³-hybridized carbons (Fsp3) is 0.500. The molecule has 0 bridgehead atoms. The molecule has 0 aromatic heterocycles. The molecule has 0 aliphatic rings. The van der Waals surface area contributed by atoms with Gasteiger partial charge in [-0.2, -0.15) is 0 Å². The standard InChI is InChI=1S/C14H22N2O/c1-4-14(2,3)16-13(17)12-7-5-6-11(10-12)8-9-15/h5-7,10H,4,8-9,15H2,1-3H3,(H,16,17). The Labute approximate surface area is 103 Å². The number of benzene rings is 1. The van der Waals surface area contributed by atoms with E-state index in [0.29, 0.717) is 12.1 Å². The summed E-state index contributed by atoms with van der Waals surface area (Å²) in [5, 5.41) is 3.02. The van der Waals surface area contributed by atoms with E-state index in [-0.39, 0.29) is 11.4 Å². The molecular formula is C14H22N2O. The number of carbonyl (C=O) groups is 1. The summed E-state index contributed by atoms with van der Waals surface area (Å²) in [4.78, 5) is 12.0. The molecule has 1 amide bonds. The molecule has 0 saturated carbocycles. The van der Waals surface area contributed by atoms with Gasteiger partial charge < -0.3 is 11.1 Å². The third-order valence-electron chi connectivity index (χ3n) is 2.96. The molecular weight excluding hydrogens is 212 g/mol. The van der Waals surface area contributed by atoms with Crippen LogP contribution >= 0.6 is 0 Å². The minimum atomic E-state index is -0.166. The van der Waals surface area contributed by atoms with Crippen LogP contribution in [0.25, 0.3) is 0 Å². The van der Waals surface area contributed by atoms with Crippen LogP contribution in [0.4, 0.5) is 0 Å². The zero-order valence-electron chi connectivity index (χ0n) is 10.9. The van der Waals surface area contributed by atoms with Gasteiger partial charge in [0.1, 0.15) is 0 Å². The van der Waals surface area contributed by atoms with Crippen LogP contribution in [0.1, 0.15) is 43.1 Å². The van der Waals surface area contributed by atoms with Gasteiger partial charge in [-0.1, -0.05) is 19.1 Å². The van der Waals surface area contributed by atoms with Crippen molar-refractivity contribution >= 4 is 5.91 Å². The first-order chi connectivity index (χ1) is 7.98. The van der Waals surface area contributed by atoms with Crippen LogP contribution in [-0.4, -0.2) is 18.0 Å². The van der Waals surface area contributed by atoms with Gasteiger partial charge in [-0.3, -0.25) is 4.79 Å². The number of hydrogen-bond donors (Lipinski definition) is 2. The van der Waals surface area contributed by atoms with Crippen LogP contribution < -0.4 is 11.1 Å². The van der Waals surface area contributed by atoms with Crippen LogP contribution in [0, 0.1) is 0 Å². The van der Waals surface area contributed by atoms with E-state index < -0.39 is 0 Å². The minimum absolute atomic E-state index is 0.0179. The van der Waals surface area contributed by atoms with Crippen molar-refractivity contribution < 1.29 is 4.79 Å². The molecule has 0 fully saturated rings. The number of amides is 1. The van der Waals surface area contributed by atoms with Crippen molar-refractivity contribution in [3.63, 3.8) is 0 Å². The lowest BCUT2D eigenvalue weighted by Gasteiger charge is -2.24. The lowest BCUT2D eigenvalue weighted by atomic mass is 10.0. The van der Waals surface area contributed by atoms with E-state index in [1.807, 2.05) is 38.1 Å². The van der Waals surface area contributed by atoms with Crippen LogP contribution in [0.15, 0.2) is 24.3 Å². The molecule has 0 spiro atoms. The van der Waals surface area contributed by atoms with E-state index in [0.717, 1.165) is 18.4 Å². The molecule has 0 aliphatic carbocycles. The highest BCUT2D eigenvalue weighted by Crippen LogP contribution is 2.11. The van der Waals surface area contributed by atoms with Gasteiger partial charge in [0.05, 0.1) is 0 Å². The second-order valence-electron chi connectivity index (χ2n) is 4.93. The molecule has 0 atom stereocenters. The van der Waals surface area contributed by atoms with Gasteiger partial charge in [0, 0.05) is 11.1 Å². The number of nitrogens with two attached hydrogens (primary N) is 1. The summed E-state index contributed by atoms with van der Waals surface area (Å²) < 4.78 is 0. The molecule has 1 rings (SSSR count). The largest absolute Gasteiger partial charge is 0.347 e. The summed E-state index contributed by atoms with van der Waals surface area (Å²) in [5.74, 6) is -0.0179. The first-order valence-electron chi connectivity index (χ1n) is 6.10. The average molecular weight is 234 g/mol. The van der Waals surface area contributed by atoms with Gasteiger partial charge in [-0.05, 0) is 50.9 Å². The van der Waals surface area contributed by atoms with Gasteiger partial charge in [-0.25, -0.2) is 0 Å². The third kappa shape index (κ3) is 4.19. The Hall–Kier alpha value is -1.35. The second-order valence-corrected chi connectivity index (χ2v) is 4.93. The molecule has 0 saturated heterocycles. The fourth-order valence-corrected chi connectivity index (χ4v) is 1.50. The average Bonchev–Trinajstić information content (AvgIpc) is 2.29. The second kappa shape index (κ2) is 5.82. The van der Waals surface area contributed by atoms with E-state index in [9.17, 15) is 4.79 Å². The quantitative estimate of drug-likeness (QED) is 0.819. The third-order valence-corrected chi connectivity index (χ3v) is 2.96. The summed E-state index contributed by atoms with van der Waals surface area (Å²) in [5.41, 5.74) is 7.16. The minimum Gasteiger partial charge on any atom is -0.347 e. The number of carbonyl (C=O) groups excluding carboxylic acids is 1. The topological polar surface area (TPSA) is 55.1 Å². The molecule has 0 unspecified atom stereocenters. The van der Waals surface area contributed by atoms with E-state index >= 15 is 0 Å². The van der Waals surface area contributed by atoms with Gasteiger partial charge in [-0.15, -0.1) is 0 Å². The van der Waals surface area contributed by atoms with E-state index in [4.69, 9.17) is 5.73 Å². The normalized spacial score (nSPS) is 11.3. The van der Waals surface area contributed by atoms with Crippen molar-refractivity contribution in [1.82, 2.24) is 5.32 Å². The highest BCUT2D eigenvalue weighted by Gasteiger charge is 2.18. The van der Waals surface area contributed by atoms with Crippen molar-refractivity contribution in [2.75, 3.05) is 6.54 Å². The van der Waals surface area contributed by atoms with Crippen molar-refractivity contribution in [3.8, 4) is 0 Å². The monoisotopic (exact) mass is 234 g/mol. The molecule has 1 aromatic carbocycles. The molecule has 0 radical (unpaired) electrons. The molecule has 94 valence electrons. The summed E-state index contributed by atoms with van der Waals surface area (Å²) in [6.07, 6.45) is 1.71. The van der Waals surface area contributed by atoms with Crippen molar-refractivity contribution in [3.05, 3.63) is 35.4 Å². The van der Waals surface area contributed by atoms with Crippen LogP contribution in [0.2, 0.25) is 0 Å². The predicted molar refractivity (Wildman–Crippen MR) is 71.0 cm³/mol. The van der Waals surface area contributed by atoms with Crippen molar-refractivity contribution in [1.29, 1.82) is 0 Å². The van der Waals surface area contributed by atoms with Crippen LogP contribution in [0.5, 0.6) is 0 Å². The highest BCUT2D eigenvalue weighted by molar-refractivity contribution is 5.94. The van der Waals surface area contributed by atoms with Gasteiger partial charge in [0.25, 0.3) is 5.91 Å². The van der Waals surface area contributed by atoms with Crippen molar-refractivity contribution in [2.24, 2.45) is 5.73 Å². The Bertz CT molecular complexity index is 386. The SMILES string of the molecule is CCC(C)(C)NC(=O)c1cccc(CCN)c1. The summed E-state index contributed by atoms with van der Waals surface area (Å²) in [6.45, 7) is 6.71. The van der Waals surface area contributed by atoms with Gasteiger partial charge in [0.15, 0.2) is 0 Å². The van der Waals surface area contributed by atoms with E-state index in [1.165, 1.54) is 0 Å². The summed E-state index contributed by atoms with van der Waals surface area (Å²) >= 11 is 0. The van der Waals surface area contributed by atoms with E-state index in [1.54, 1.807) is 0 Å². The molecule has 3 heteroatoms. The maximum atomic E-state index is 12.0. The van der Waals surface area contributed by atoms with Gasteiger partial charge >= 0.3 is 0 Å². The predicted octanol–water partition coefficient (Wildman–Crippen LogP) is 2.11.